The van der Waals surface area contributed by atoms with Gasteiger partial charge in [0, 0.05) is 12.3 Å². The average Bonchev–Trinajstić information content (AvgIpc) is 2.95. The third-order valence-electron chi connectivity index (χ3n) is 6.82. The van der Waals surface area contributed by atoms with E-state index in [-0.39, 0.29) is 11.8 Å². The van der Waals surface area contributed by atoms with Gasteiger partial charge in [-0.3, -0.25) is 4.79 Å². The summed E-state index contributed by atoms with van der Waals surface area (Å²) < 4.78 is 11.6. The SMILES string of the molecule is C/C1=C/C[C@H](O[C@@H]2O[C@H](CO)[C@@H](O)[C@H](O)[C@H]2O)/C(C)=C/[C@H]2CC(=O)[C@@H](C)[C@@H]2CC1. The van der Waals surface area contributed by atoms with Crippen LogP contribution in [0.3, 0.4) is 0 Å². The number of Topliss-reactive ketones (excluding diaryl/α,β-unsaturated/α-hetero) is 1. The van der Waals surface area contributed by atoms with Crippen molar-refractivity contribution in [1.82, 2.24) is 0 Å². The minimum Gasteiger partial charge on any atom is -0.394 e. The molecular formula is C22H34O7. The molecule has 3 rings (SSSR count). The summed E-state index contributed by atoms with van der Waals surface area (Å²) in [7, 11) is 0. The van der Waals surface area contributed by atoms with Gasteiger partial charge in [0.05, 0.1) is 12.7 Å². The van der Waals surface area contributed by atoms with Crippen molar-refractivity contribution in [2.45, 2.75) is 83.3 Å². The second-order valence-corrected chi connectivity index (χ2v) is 8.84. The van der Waals surface area contributed by atoms with Gasteiger partial charge in [0.25, 0.3) is 0 Å². The largest absolute Gasteiger partial charge is 0.394 e. The molecule has 164 valence electrons. The highest BCUT2D eigenvalue weighted by Gasteiger charge is 2.45. The smallest absolute Gasteiger partial charge is 0.187 e. The van der Waals surface area contributed by atoms with Crippen LogP contribution in [0.25, 0.3) is 0 Å². The Balaban J connectivity index is 1.82. The molecule has 1 saturated carbocycles. The van der Waals surface area contributed by atoms with Crippen LogP contribution in [-0.4, -0.2) is 69.6 Å². The van der Waals surface area contributed by atoms with E-state index in [0.29, 0.717) is 24.5 Å². The van der Waals surface area contributed by atoms with Crippen LogP contribution in [0.1, 0.15) is 46.5 Å². The van der Waals surface area contributed by atoms with Gasteiger partial charge in [-0.15, -0.1) is 0 Å². The van der Waals surface area contributed by atoms with E-state index in [0.717, 1.165) is 18.4 Å². The van der Waals surface area contributed by atoms with E-state index in [1.165, 1.54) is 5.57 Å². The van der Waals surface area contributed by atoms with E-state index in [1.54, 1.807) is 0 Å². The first-order valence-corrected chi connectivity index (χ1v) is 10.6. The second kappa shape index (κ2) is 9.37. The quantitative estimate of drug-likeness (QED) is 0.515. The molecule has 7 nitrogen and oxygen atoms in total. The zero-order valence-electron chi connectivity index (χ0n) is 17.4. The molecule has 2 fully saturated rings. The molecule has 0 aromatic heterocycles. The molecule has 0 radical (unpaired) electrons. The lowest BCUT2D eigenvalue weighted by atomic mass is 9.83. The highest BCUT2D eigenvalue weighted by Crippen LogP contribution is 2.40. The first kappa shape index (κ1) is 22.6. The maximum atomic E-state index is 12.3. The molecule has 0 unspecified atom stereocenters. The van der Waals surface area contributed by atoms with Gasteiger partial charge in [-0.05, 0) is 50.5 Å². The third kappa shape index (κ3) is 4.81. The molecule has 1 heterocycles. The summed E-state index contributed by atoms with van der Waals surface area (Å²) in [5.74, 6) is 0.841. The van der Waals surface area contributed by atoms with E-state index in [2.05, 4.69) is 19.1 Å². The lowest BCUT2D eigenvalue weighted by molar-refractivity contribution is -0.308. The van der Waals surface area contributed by atoms with Gasteiger partial charge >= 0.3 is 0 Å². The zero-order chi connectivity index (χ0) is 21.3. The molecule has 1 saturated heterocycles. The minimum atomic E-state index is -1.47. The zero-order valence-corrected chi connectivity index (χ0v) is 17.4. The minimum absolute atomic E-state index is 0.0566. The number of ether oxygens (including phenoxy) is 2. The fourth-order valence-electron chi connectivity index (χ4n) is 4.77. The van der Waals surface area contributed by atoms with E-state index >= 15 is 0 Å². The Morgan fingerprint density at radius 2 is 1.90 bits per heavy atom. The molecule has 7 heteroatoms. The molecule has 0 amide bonds. The standard InChI is InChI=1S/C22H34O7/c1-11-4-6-15-13(3)16(24)9-14(15)8-12(2)17(7-5-11)28-22-21(27)20(26)19(25)18(10-23)29-22/h5,8,13-15,17-23,25-27H,4,6-7,9-10H2,1-3H3/b11-5-,12-8+/t13-,14-,15-,17-,18+,19+,20-,21+,22+/m0/s1. The molecule has 0 aromatic carbocycles. The Hall–Kier alpha value is -1.09. The molecule has 9 atom stereocenters. The molecule has 0 bridgehead atoms. The maximum Gasteiger partial charge on any atom is 0.187 e. The predicted molar refractivity (Wildman–Crippen MR) is 106 cm³/mol. The molecule has 0 spiro atoms. The fourth-order valence-corrected chi connectivity index (χ4v) is 4.77. The number of aliphatic hydroxyl groups excluding tert-OH is 4. The number of allylic oxidation sites excluding steroid dienone is 2. The van der Waals surface area contributed by atoms with E-state index < -0.39 is 43.4 Å². The maximum absolute atomic E-state index is 12.3. The summed E-state index contributed by atoms with van der Waals surface area (Å²) in [6.45, 7) is 5.54. The molecule has 3 aliphatic rings. The number of carbonyl (C=O) groups is 1. The van der Waals surface area contributed by atoms with Crippen LogP contribution in [0.15, 0.2) is 23.3 Å². The van der Waals surface area contributed by atoms with Gasteiger partial charge in [0.15, 0.2) is 6.29 Å². The van der Waals surface area contributed by atoms with Crippen LogP contribution in [0.4, 0.5) is 0 Å². The van der Waals surface area contributed by atoms with Gasteiger partial charge in [-0.25, -0.2) is 0 Å². The van der Waals surface area contributed by atoms with Gasteiger partial charge in [-0.2, -0.15) is 0 Å². The normalized spacial score (nSPS) is 47.7. The Morgan fingerprint density at radius 1 is 1.17 bits per heavy atom. The molecule has 0 aromatic rings. The van der Waals surface area contributed by atoms with Crippen LogP contribution in [0.5, 0.6) is 0 Å². The number of ketones is 1. The average molecular weight is 411 g/mol. The number of hydrogen-bond acceptors (Lipinski definition) is 7. The van der Waals surface area contributed by atoms with Crippen LogP contribution < -0.4 is 0 Å². The number of aliphatic hydroxyl groups is 4. The van der Waals surface area contributed by atoms with Gasteiger partial charge in [0.2, 0.25) is 0 Å². The van der Waals surface area contributed by atoms with Crippen molar-refractivity contribution in [1.29, 1.82) is 0 Å². The highest BCUT2D eigenvalue weighted by molar-refractivity contribution is 5.83. The molecule has 29 heavy (non-hydrogen) atoms. The van der Waals surface area contributed by atoms with Crippen molar-refractivity contribution >= 4 is 5.78 Å². The lowest BCUT2D eigenvalue weighted by Gasteiger charge is -2.41. The highest BCUT2D eigenvalue weighted by atomic mass is 16.7. The Bertz CT molecular complexity index is 656. The van der Waals surface area contributed by atoms with Crippen LogP contribution in [0.2, 0.25) is 0 Å². The Morgan fingerprint density at radius 3 is 2.59 bits per heavy atom. The van der Waals surface area contributed by atoms with Crippen LogP contribution >= 0.6 is 0 Å². The van der Waals surface area contributed by atoms with Crippen molar-refractivity contribution in [3.05, 3.63) is 23.3 Å². The van der Waals surface area contributed by atoms with Crippen molar-refractivity contribution in [2.24, 2.45) is 17.8 Å². The summed E-state index contributed by atoms with van der Waals surface area (Å²) in [6.07, 6.45) is 0.367. The van der Waals surface area contributed by atoms with Crippen molar-refractivity contribution in [3.8, 4) is 0 Å². The number of hydrogen-bond donors (Lipinski definition) is 4. The van der Waals surface area contributed by atoms with Crippen molar-refractivity contribution in [2.75, 3.05) is 6.61 Å². The number of fused-ring (bicyclic) bond motifs is 1. The second-order valence-electron chi connectivity index (χ2n) is 8.84. The Kier molecular flexibility index (Phi) is 7.30. The van der Waals surface area contributed by atoms with Crippen LogP contribution in [-0.2, 0) is 14.3 Å². The first-order chi connectivity index (χ1) is 13.7. The van der Waals surface area contributed by atoms with Crippen LogP contribution in [0, 0.1) is 17.8 Å². The molecule has 1 aliphatic heterocycles. The molecule has 4 N–H and O–H groups in total. The van der Waals surface area contributed by atoms with Gasteiger partial charge < -0.3 is 29.9 Å². The number of rotatable bonds is 3. The lowest BCUT2D eigenvalue weighted by Crippen LogP contribution is -2.59. The monoisotopic (exact) mass is 410 g/mol. The van der Waals surface area contributed by atoms with E-state index in [1.807, 2.05) is 13.8 Å². The summed E-state index contributed by atoms with van der Waals surface area (Å²) in [5, 5.41) is 39.7. The molecule has 2 aliphatic carbocycles. The van der Waals surface area contributed by atoms with E-state index in [4.69, 9.17) is 9.47 Å². The first-order valence-electron chi connectivity index (χ1n) is 10.6. The number of carbonyl (C=O) groups excluding carboxylic acids is 1. The summed E-state index contributed by atoms with van der Waals surface area (Å²) in [4.78, 5) is 12.3. The predicted octanol–water partition coefficient (Wildman–Crippen LogP) is 1.09. The van der Waals surface area contributed by atoms with Gasteiger partial charge in [-0.1, -0.05) is 24.6 Å². The molecular weight excluding hydrogens is 376 g/mol. The van der Waals surface area contributed by atoms with Crippen molar-refractivity contribution in [3.63, 3.8) is 0 Å². The summed E-state index contributed by atoms with van der Waals surface area (Å²) in [6, 6.07) is 0. The van der Waals surface area contributed by atoms with Crippen molar-refractivity contribution < 1.29 is 34.7 Å². The van der Waals surface area contributed by atoms with Gasteiger partial charge in [0.1, 0.15) is 30.2 Å². The van der Waals surface area contributed by atoms with E-state index in [9.17, 15) is 25.2 Å². The Labute approximate surface area is 172 Å². The fraction of sp³-hybridized carbons (Fsp3) is 0.773. The summed E-state index contributed by atoms with van der Waals surface area (Å²) >= 11 is 0. The topological polar surface area (TPSA) is 116 Å². The third-order valence-corrected chi connectivity index (χ3v) is 6.82. The summed E-state index contributed by atoms with van der Waals surface area (Å²) in [5.41, 5.74) is 2.18.